The van der Waals surface area contributed by atoms with Gasteiger partial charge in [0.25, 0.3) is 10.2 Å². The van der Waals surface area contributed by atoms with E-state index in [9.17, 15) is 8.42 Å². The van der Waals surface area contributed by atoms with Crippen molar-refractivity contribution in [1.82, 2.24) is 8.61 Å². The van der Waals surface area contributed by atoms with Gasteiger partial charge < -0.3 is 0 Å². The Bertz CT molecular complexity index is 403. The van der Waals surface area contributed by atoms with Crippen molar-refractivity contribution >= 4 is 10.2 Å². The number of hydrogen-bond donors (Lipinski definition) is 0. The van der Waals surface area contributed by atoms with Gasteiger partial charge in [-0.05, 0) is 37.5 Å². The molecule has 1 spiro atoms. The molecule has 0 aromatic heterocycles. The Morgan fingerprint density at radius 3 is 2.59 bits per heavy atom. The van der Waals surface area contributed by atoms with Gasteiger partial charge in [0.1, 0.15) is 0 Å². The Labute approximate surface area is 104 Å². The van der Waals surface area contributed by atoms with E-state index in [-0.39, 0.29) is 5.41 Å². The summed E-state index contributed by atoms with van der Waals surface area (Å²) in [5.74, 6) is 0. The van der Waals surface area contributed by atoms with Gasteiger partial charge >= 0.3 is 0 Å². The second-order valence-electron chi connectivity index (χ2n) is 5.44. The van der Waals surface area contributed by atoms with Crippen LogP contribution >= 0.6 is 0 Å². The summed E-state index contributed by atoms with van der Waals surface area (Å²) in [6, 6.07) is 0. The summed E-state index contributed by atoms with van der Waals surface area (Å²) >= 11 is 0. The van der Waals surface area contributed by atoms with Gasteiger partial charge in [0.15, 0.2) is 0 Å². The number of allylic oxidation sites excluding steroid dienone is 2. The molecule has 0 saturated carbocycles. The molecule has 4 nitrogen and oxygen atoms in total. The predicted molar refractivity (Wildman–Crippen MR) is 68.8 cm³/mol. The molecule has 1 atom stereocenters. The zero-order valence-corrected chi connectivity index (χ0v) is 11.5. The fourth-order valence-corrected chi connectivity index (χ4v) is 4.16. The lowest BCUT2D eigenvalue weighted by Crippen LogP contribution is -2.49. The maximum Gasteiger partial charge on any atom is 0.281 e. The van der Waals surface area contributed by atoms with Crippen molar-refractivity contribution in [2.24, 2.45) is 5.41 Å². The number of rotatable bonds is 2. The molecule has 1 unspecified atom stereocenters. The second kappa shape index (κ2) is 4.71. The smallest absolute Gasteiger partial charge is 0.195 e. The summed E-state index contributed by atoms with van der Waals surface area (Å²) in [4.78, 5) is 0. The lowest BCUT2D eigenvalue weighted by atomic mass is 9.72. The molecule has 1 aliphatic carbocycles. The van der Waals surface area contributed by atoms with Gasteiger partial charge in [0.05, 0.1) is 0 Å². The van der Waals surface area contributed by atoms with Crippen molar-refractivity contribution in [3.63, 3.8) is 0 Å². The van der Waals surface area contributed by atoms with Crippen LogP contribution in [0.25, 0.3) is 0 Å². The molecule has 1 saturated heterocycles. The van der Waals surface area contributed by atoms with Crippen molar-refractivity contribution in [2.75, 3.05) is 27.2 Å². The number of hydrogen-bond acceptors (Lipinski definition) is 2. The van der Waals surface area contributed by atoms with Crippen molar-refractivity contribution in [3.05, 3.63) is 12.2 Å². The predicted octanol–water partition coefficient (Wildman–Crippen LogP) is 1.62. The summed E-state index contributed by atoms with van der Waals surface area (Å²) in [6.45, 7) is 1.36. The molecule has 1 heterocycles. The first kappa shape index (κ1) is 13.1. The third-order valence-corrected chi connectivity index (χ3v) is 5.86. The lowest BCUT2D eigenvalue weighted by Gasteiger charge is -2.43. The molecule has 1 aliphatic heterocycles. The Balaban J connectivity index is 2.15. The minimum Gasteiger partial charge on any atom is -0.195 e. The highest BCUT2D eigenvalue weighted by atomic mass is 32.2. The summed E-state index contributed by atoms with van der Waals surface area (Å²) in [5.41, 5.74) is 0.204. The molecular weight excluding hydrogens is 236 g/mol. The molecular formula is C12H22N2O2S. The van der Waals surface area contributed by atoms with Gasteiger partial charge in [-0.1, -0.05) is 12.2 Å². The van der Waals surface area contributed by atoms with E-state index < -0.39 is 10.2 Å². The van der Waals surface area contributed by atoms with Crippen LogP contribution in [0.4, 0.5) is 0 Å². The minimum atomic E-state index is -3.23. The van der Waals surface area contributed by atoms with Crippen LogP contribution in [0.5, 0.6) is 0 Å². The molecule has 0 radical (unpaired) electrons. The molecule has 0 bridgehead atoms. The molecule has 0 aromatic rings. The highest BCUT2D eigenvalue weighted by Gasteiger charge is 2.39. The Kier molecular flexibility index (Phi) is 3.61. The largest absolute Gasteiger partial charge is 0.281 e. The quantitative estimate of drug-likeness (QED) is 0.706. The van der Waals surface area contributed by atoms with Gasteiger partial charge in [-0.25, -0.2) is 0 Å². The van der Waals surface area contributed by atoms with E-state index in [1.165, 1.54) is 4.31 Å². The fraction of sp³-hybridized carbons (Fsp3) is 0.833. The highest BCUT2D eigenvalue weighted by molar-refractivity contribution is 7.86. The maximum absolute atomic E-state index is 12.1. The van der Waals surface area contributed by atoms with Gasteiger partial charge in [-0.15, -0.1) is 0 Å². The Hall–Kier alpha value is -0.390. The van der Waals surface area contributed by atoms with Crippen LogP contribution in [0, 0.1) is 5.41 Å². The number of piperidine rings is 1. The van der Waals surface area contributed by atoms with Crippen LogP contribution < -0.4 is 0 Å². The van der Waals surface area contributed by atoms with E-state index in [1.54, 1.807) is 18.4 Å². The van der Waals surface area contributed by atoms with Crippen molar-refractivity contribution in [3.8, 4) is 0 Å². The molecule has 2 rings (SSSR count). The van der Waals surface area contributed by atoms with Crippen molar-refractivity contribution < 1.29 is 8.42 Å². The monoisotopic (exact) mass is 258 g/mol. The van der Waals surface area contributed by atoms with Gasteiger partial charge in [0, 0.05) is 27.2 Å². The molecule has 1 fully saturated rings. The van der Waals surface area contributed by atoms with Crippen molar-refractivity contribution in [1.29, 1.82) is 0 Å². The summed E-state index contributed by atoms with van der Waals surface area (Å²) in [7, 11) is -0.0157. The van der Waals surface area contributed by atoms with Crippen LogP contribution in [0.2, 0.25) is 0 Å². The maximum atomic E-state index is 12.1. The van der Waals surface area contributed by atoms with E-state index in [0.717, 1.165) is 32.1 Å². The summed E-state index contributed by atoms with van der Waals surface area (Å²) in [6.07, 6.45) is 9.84. The van der Waals surface area contributed by atoms with E-state index >= 15 is 0 Å². The lowest BCUT2D eigenvalue weighted by molar-refractivity contribution is 0.129. The first-order chi connectivity index (χ1) is 7.96. The van der Waals surface area contributed by atoms with E-state index in [4.69, 9.17) is 0 Å². The third kappa shape index (κ3) is 2.56. The van der Waals surface area contributed by atoms with Crippen LogP contribution in [-0.4, -0.2) is 44.2 Å². The van der Waals surface area contributed by atoms with Gasteiger partial charge in [-0.2, -0.15) is 17.0 Å². The van der Waals surface area contributed by atoms with Crippen LogP contribution in [0.1, 0.15) is 32.1 Å². The van der Waals surface area contributed by atoms with Crippen LogP contribution in [0.15, 0.2) is 12.2 Å². The molecule has 0 amide bonds. The zero-order valence-electron chi connectivity index (χ0n) is 10.7. The van der Waals surface area contributed by atoms with E-state index in [0.29, 0.717) is 13.1 Å². The number of nitrogens with zero attached hydrogens (tertiary/aromatic N) is 2. The van der Waals surface area contributed by atoms with Crippen LogP contribution in [0.3, 0.4) is 0 Å². The van der Waals surface area contributed by atoms with Gasteiger partial charge in [0.2, 0.25) is 0 Å². The molecule has 98 valence electrons. The minimum absolute atomic E-state index is 0.204. The Morgan fingerprint density at radius 1 is 1.24 bits per heavy atom. The summed E-state index contributed by atoms with van der Waals surface area (Å²) in [5, 5.41) is 0. The van der Waals surface area contributed by atoms with Crippen LogP contribution in [-0.2, 0) is 10.2 Å². The molecule has 5 heteroatoms. The average Bonchev–Trinajstić information content (AvgIpc) is 2.30. The summed E-state index contributed by atoms with van der Waals surface area (Å²) < 4.78 is 27.3. The normalized spacial score (nSPS) is 31.2. The molecule has 0 aromatic carbocycles. The Morgan fingerprint density at radius 2 is 2.00 bits per heavy atom. The van der Waals surface area contributed by atoms with Crippen molar-refractivity contribution in [2.45, 2.75) is 32.1 Å². The van der Waals surface area contributed by atoms with E-state index in [2.05, 4.69) is 12.2 Å². The topological polar surface area (TPSA) is 40.6 Å². The standard InChI is InChI=1S/C12H22N2O2S/c1-13(2)17(15,16)14-10-6-9-12(11-14)7-4-3-5-8-12/h3-4H,5-11H2,1-2H3. The van der Waals surface area contributed by atoms with E-state index in [1.807, 2.05) is 0 Å². The second-order valence-corrected chi connectivity index (χ2v) is 7.58. The first-order valence-electron chi connectivity index (χ1n) is 6.29. The average molecular weight is 258 g/mol. The third-order valence-electron chi connectivity index (χ3n) is 3.97. The molecule has 17 heavy (non-hydrogen) atoms. The zero-order chi connectivity index (χ0) is 12.5. The first-order valence-corrected chi connectivity index (χ1v) is 7.69. The molecule has 0 N–H and O–H groups in total. The highest BCUT2D eigenvalue weighted by Crippen LogP contribution is 2.41. The fourth-order valence-electron chi connectivity index (χ4n) is 2.90. The van der Waals surface area contributed by atoms with Gasteiger partial charge in [-0.3, -0.25) is 0 Å². The molecule has 2 aliphatic rings. The SMILES string of the molecule is CN(C)S(=O)(=O)N1CCCC2(CC=CCC2)C1.